The highest BCUT2D eigenvalue weighted by molar-refractivity contribution is 5.81. The van der Waals surface area contributed by atoms with E-state index in [-0.39, 0.29) is 0 Å². The number of nitrogens with zero attached hydrogens (tertiary/aromatic N) is 1. The minimum Gasteiger partial charge on any atom is -0.411 e. The highest BCUT2D eigenvalue weighted by Crippen LogP contribution is 2.12. The van der Waals surface area contributed by atoms with Crippen LogP contribution in [0.4, 0.5) is 8.78 Å². The SMILES string of the molecule is Cc1cc(F)c(F)cc1C=NO. The van der Waals surface area contributed by atoms with Gasteiger partial charge in [0.05, 0.1) is 6.21 Å². The van der Waals surface area contributed by atoms with Crippen LogP contribution in [0.1, 0.15) is 11.1 Å². The first-order valence-electron chi connectivity index (χ1n) is 3.28. The Balaban J connectivity index is 3.23. The van der Waals surface area contributed by atoms with E-state index < -0.39 is 11.6 Å². The summed E-state index contributed by atoms with van der Waals surface area (Å²) >= 11 is 0. The number of oxime groups is 1. The zero-order valence-corrected chi connectivity index (χ0v) is 6.38. The Morgan fingerprint density at radius 1 is 1.33 bits per heavy atom. The molecule has 0 aliphatic rings. The first kappa shape index (κ1) is 8.64. The lowest BCUT2D eigenvalue weighted by Gasteiger charge is -1.99. The van der Waals surface area contributed by atoms with E-state index in [0.29, 0.717) is 11.1 Å². The third-order valence-electron chi connectivity index (χ3n) is 1.51. The van der Waals surface area contributed by atoms with Crippen molar-refractivity contribution in [1.82, 2.24) is 0 Å². The molecule has 12 heavy (non-hydrogen) atoms. The molecule has 0 aliphatic heterocycles. The standard InChI is InChI=1S/C8H7F2NO/c1-5-2-7(9)8(10)3-6(5)4-11-12/h2-4,12H,1H3. The molecule has 0 atom stereocenters. The minimum atomic E-state index is -0.949. The summed E-state index contributed by atoms with van der Waals surface area (Å²) in [5.41, 5.74) is 0.878. The molecule has 0 saturated heterocycles. The van der Waals surface area contributed by atoms with Crippen molar-refractivity contribution in [3.63, 3.8) is 0 Å². The van der Waals surface area contributed by atoms with Gasteiger partial charge in [-0.2, -0.15) is 0 Å². The fourth-order valence-electron chi connectivity index (χ4n) is 0.863. The summed E-state index contributed by atoms with van der Waals surface area (Å²) < 4.78 is 25.1. The van der Waals surface area contributed by atoms with Crippen molar-refractivity contribution < 1.29 is 14.0 Å². The van der Waals surface area contributed by atoms with Crippen LogP contribution in [0.2, 0.25) is 0 Å². The Bertz CT molecular complexity index is 323. The zero-order valence-electron chi connectivity index (χ0n) is 6.38. The largest absolute Gasteiger partial charge is 0.411 e. The van der Waals surface area contributed by atoms with Gasteiger partial charge >= 0.3 is 0 Å². The van der Waals surface area contributed by atoms with E-state index in [9.17, 15) is 8.78 Å². The van der Waals surface area contributed by atoms with Crippen molar-refractivity contribution in [1.29, 1.82) is 0 Å². The fraction of sp³-hybridized carbons (Fsp3) is 0.125. The van der Waals surface area contributed by atoms with Gasteiger partial charge in [0.15, 0.2) is 11.6 Å². The van der Waals surface area contributed by atoms with Crippen LogP contribution < -0.4 is 0 Å². The van der Waals surface area contributed by atoms with Gasteiger partial charge in [0.25, 0.3) is 0 Å². The van der Waals surface area contributed by atoms with Crippen molar-refractivity contribution in [2.75, 3.05) is 0 Å². The molecular weight excluding hydrogens is 164 g/mol. The van der Waals surface area contributed by atoms with Gasteiger partial charge in [-0.05, 0) is 24.6 Å². The third kappa shape index (κ3) is 1.58. The van der Waals surface area contributed by atoms with Gasteiger partial charge in [-0.15, -0.1) is 0 Å². The Kier molecular flexibility index (Phi) is 2.38. The molecule has 0 radical (unpaired) electrons. The predicted octanol–water partition coefficient (Wildman–Crippen LogP) is 2.08. The summed E-state index contributed by atoms with van der Waals surface area (Å²) in [6.45, 7) is 1.60. The molecular formula is C8H7F2NO. The van der Waals surface area contributed by atoms with Crippen LogP contribution in [-0.2, 0) is 0 Å². The van der Waals surface area contributed by atoms with E-state index in [1.807, 2.05) is 0 Å². The van der Waals surface area contributed by atoms with Gasteiger partial charge in [0.1, 0.15) is 0 Å². The quantitative estimate of drug-likeness (QED) is 0.391. The van der Waals surface area contributed by atoms with Crippen molar-refractivity contribution in [2.24, 2.45) is 5.16 Å². The lowest BCUT2D eigenvalue weighted by molar-refractivity contribution is 0.322. The lowest BCUT2D eigenvalue weighted by atomic mass is 10.1. The molecule has 2 nitrogen and oxygen atoms in total. The molecule has 0 saturated carbocycles. The zero-order chi connectivity index (χ0) is 9.14. The van der Waals surface area contributed by atoms with E-state index in [4.69, 9.17) is 5.21 Å². The molecule has 4 heteroatoms. The van der Waals surface area contributed by atoms with Gasteiger partial charge in [0, 0.05) is 5.56 Å². The third-order valence-corrected chi connectivity index (χ3v) is 1.51. The number of rotatable bonds is 1. The topological polar surface area (TPSA) is 32.6 Å². The molecule has 0 spiro atoms. The van der Waals surface area contributed by atoms with Gasteiger partial charge < -0.3 is 5.21 Å². The minimum absolute atomic E-state index is 0.358. The summed E-state index contributed by atoms with van der Waals surface area (Å²) in [7, 11) is 0. The molecule has 0 aliphatic carbocycles. The van der Waals surface area contributed by atoms with E-state index >= 15 is 0 Å². The number of benzene rings is 1. The molecule has 1 N–H and O–H groups in total. The first-order valence-corrected chi connectivity index (χ1v) is 3.28. The molecule has 0 bridgehead atoms. The number of hydrogen-bond acceptors (Lipinski definition) is 2. The molecule has 1 aromatic carbocycles. The fourth-order valence-corrected chi connectivity index (χ4v) is 0.863. The van der Waals surface area contributed by atoms with E-state index in [0.717, 1.165) is 18.3 Å². The van der Waals surface area contributed by atoms with Gasteiger partial charge in [-0.25, -0.2) is 8.78 Å². The van der Waals surface area contributed by atoms with Crippen LogP contribution in [0.25, 0.3) is 0 Å². The number of aryl methyl sites for hydroxylation is 1. The van der Waals surface area contributed by atoms with Crippen LogP contribution in [0, 0.1) is 18.6 Å². The van der Waals surface area contributed by atoms with E-state index in [1.165, 1.54) is 0 Å². The van der Waals surface area contributed by atoms with Crippen molar-refractivity contribution in [3.8, 4) is 0 Å². The molecule has 1 rings (SSSR count). The molecule has 0 heterocycles. The van der Waals surface area contributed by atoms with E-state index in [2.05, 4.69) is 5.16 Å². The summed E-state index contributed by atoms with van der Waals surface area (Å²) in [5.74, 6) is -1.85. The second-order valence-electron chi connectivity index (χ2n) is 2.37. The second-order valence-corrected chi connectivity index (χ2v) is 2.37. The molecule has 0 aromatic heterocycles. The number of halogens is 2. The van der Waals surface area contributed by atoms with Gasteiger partial charge in [0.2, 0.25) is 0 Å². The van der Waals surface area contributed by atoms with Crippen LogP contribution >= 0.6 is 0 Å². The Labute approximate surface area is 68.1 Å². The maximum absolute atomic E-state index is 12.6. The van der Waals surface area contributed by atoms with Crippen LogP contribution in [-0.4, -0.2) is 11.4 Å². The van der Waals surface area contributed by atoms with Gasteiger partial charge in [-0.1, -0.05) is 5.16 Å². The second kappa shape index (κ2) is 3.30. The number of hydrogen-bond donors (Lipinski definition) is 1. The Morgan fingerprint density at radius 3 is 2.50 bits per heavy atom. The summed E-state index contributed by atoms with van der Waals surface area (Å²) in [6.07, 6.45) is 1.05. The lowest BCUT2D eigenvalue weighted by Crippen LogP contribution is -1.92. The highest BCUT2D eigenvalue weighted by atomic mass is 19.2. The monoisotopic (exact) mass is 171 g/mol. The van der Waals surface area contributed by atoms with Crippen LogP contribution in [0.5, 0.6) is 0 Å². The maximum atomic E-state index is 12.6. The van der Waals surface area contributed by atoms with Crippen LogP contribution in [0.15, 0.2) is 17.3 Å². The molecule has 64 valence electrons. The van der Waals surface area contributed by atoms with Crippen molar-refractivity contribution in [2.45, 2.75) is 6.92 Å². The predicted molar refractivity (Wildman–Crippen MR) is 40.5 cm³/mol. The maximum Gasteiger partial charge on any atom is 0.159 e. The smallest absolute Gasteiger partial charge is 0.159 e. The van der Waals surface area contributed by atoms with Crippen molar-refractivity contribution in [3.05, 3.63) is 34.9 Å². The molecule has 1 aromatic rings. The molecule has 0 amide bonds. The summed E-state index contributed by atoms with van der Waals surface area (Å²) in [4.78, 5) is 0. The molecule has 0 fully saturated rings. The average Bonchev–Trinajstić information content (AvgIpc) is 2.01. The van der Waals surface area contributed by atoms with Gasteiger partial charge in [-0.3, -0.25) is 0 Å². The average molecular weight is 171 g/mol. The normalized spacial score (nSPS) is 10.9. The first-order chi connectivity index (χ1) is 5.65. The molecule has 0 unspecified atom stereocenters. The van der Waals surface area contributed by atoms with E-state index in [1.54, 1.807) is 6.92 Å². The van der Waals surface area contributed by atoms with Crippen molar-refractivity contribution >= 4 is 6.21 Å². The highest BCUT2D eigenvalue weighted by Gasteiger charge is 2.04. The summed E-state index contributed by atoms with van der Waals surface area (Å²) in [5, 5.41) is 10.9. The van der Waals surface area contributed by atoms with Crippen LogP contribution in [0.3, 0.4) is 0 Å². The summed E-state index contributed by atoms with van der Waals surface area (Å²) in [6, 6.07) is 2.02. The Morgan fingerprint density at radius 2 is 1.92 bits per heavy atom. The Hall–Kier alpha value is -1.45.